The van der Waals surface area contributed by atoms with Crippen LogP contribution >= 0.6 is 0 Å². The molecule has 0 bridgehead atoms. The van der Waals surface area contributed by atoms with Crippen LogP contribution in [0.15, 0.2) is 24.3 Å². The van der Waals surface area contributed by atoms with Crippen LogP contribution in [-0.2, 0) is 27.1 Å². The van der Waals surface area contributed by atoms with Gasteiger partial charge in [0.1, 0.15) is 0 Å². The molecule has 0 aliphatic rings. The number of nitrogens with two attached hydrogens (primary N) is 1. The molecule has 7 heteroatoms. The maximum Gasteiger partial charge on any atom is 0.237 e. The lowest BCUT2D eigenvalue weighted by Gasteiger charge is -2.19. The predicted molar refractivity (Wildman–Crippen MR) is 78.3 cm³/mol. The molecule has 0 fully saturated rings. The van der Waals surface area contributed by atoms with Crippen LogP contribution in [0.25, 0.3) is 0 Å². The normalized spacial score (nSPS) is 11.7. The Balaban J connectivity index is 2.86. The highest BCUT2D eigenvalue weighted by Crippen LogP contribution is 2.14. The number of amides is 1. The number of likely N-dealkylation sites (N-methyl/N-ethyl adjacent to an activating group) is 2. The second kappa shape index (κ2) is 6.83. The van der Waals surface area contributed by atoms with E-state index in [2.05, 4.69) is 0 Å². The summed E-state index contributed by atoms with van der Waals surface area (Å²) < 4.78 is 25.6. The third-order valence-corrected chi connectivity index (χ3v) is 4.76. The SMILES string of the molecule is CN(C)C(=O)CN(C)S(=O)(=O)Cc1ccccc1CN. The Morgan fingerprint density at radius 3 is 2.20 bits per heavy atom. The summed E-state index contributed by atoms with van der Waals surface area (Å²) >= 11 is 0. The lowest BCUT2D eigenvalue weighted by molar-refractivity contribution is -0.128. The second-order valence-corrected chi connectivity index (χ2v) is 6.85. The van der Waals surface area contributed by atoms with Gasteiger partial charge in [0.15, 0.2) is 0 Å². The topological polar surface area (TPSA) is 83.7 Å². The number of benzene rings is 1. The molecule has 20 heavy (non-hydrogen) atoms. The third kappa shape index (κ3) is 4.29. The molecule has 0 saturated carbocycles. The maximum absolute atomic E-state index is 12.2. The zero-order valence-corrected chi connectivity index (χ0v) is 12.9. The summed E-state index contributed by atoms with van der Waals surface area (Å²) in [6.45, 7) is 0.117. The largest absolute Gasteiger partial charge is 0.348 e. The van der Waals surface area contributed by atoms with Gasteiger partial charge in [-0.15, -0.1) is 0 Å². The van der Waals surface area contributed by atoms with Crippen LogP contribution in [0.1, 0.15) is 11.1 Å². The summed E-state index contributed by atoms with van der Waals surface area (Å²) in [7, 11) is 1.04. The number of sulfonamides is 1. The Kier molecular flexibility index (Phi) is 5.67. The fraction of sp³-hybridized carbons (Fsp3) is 0.462. The van der Waals surface area contributed by atoms with Crippen molar-refractivity contribution in [2.45, 2.75) is 12.3 Å². The van der Waals surface area contributed by atoms with Crippen LogP contribution in [0.4, 0.5) is 0 Å². The lowest BCUT2D eigenvalue weighted by Crippen LogP contribution is -2.38. The summed E-state index contributed by atoms with van der Waals surface area (Å²) in [4.78, 5) is 12.9. The molecule has 0 saturated heterocycles. The highest BCUT2D eigenvalue weighted by atomic mass is 32.2. The van der Waals surface area contributed by atoms with Crippen molar-refractivity contribution >= 4 is 15.9 Å². The molecular formula is C13H21N3O3S. The molecule has 1 aromatic rings. The van der Waals surface area contributed by atoms with Gasteiger partial charge < -0.3 is 10.6 Å². The van der Waals surface area contributed by atoms with Gasteiger partial charge in [0.25, 0.3) is 0 Å². The van der Waals surface area contributed by atoms with Crippen LogP contribution < -0.4 is 5.73 Å². The molecule has 6 nitrogen and oxygen atoms in total. The smallest absolute Gasteiger partial charge is 0.237 e. The Morgan fingerprint density at radius 2 is 1.70 bits per heavy atom. The monoisotopic (exact) mass is 299 g/mol. The van der Waals surface area contributed by atoms with E-state index in [1.54, 1.807) is 32.3 Å². The fourth-order valence-electron chi connectivity index (χ4n) is 1.63. The van der Waals surface area contributed by atoms with Crippen molar-refractivity contribution in [1.29, 1.82) is 0 Å². The zero-order valence-electron chi connectivity index (χ0n) is 12.0. The summed E-state index contributed by atoms with van der Waals surface area (Å²) in [5, 5.41) is 0. The highest BCUT2D eigenvalue weighted by Gasteiger charge is 2.22. The number of nitrogens with zero attached hydrogens (tertiary/aromatic N) is 2. The van der Waals surface area contributed by atoms with Crippen molar-refractivity contribution in [3.05, 3.63) is 35.4 Å². The van der Waals surface area contributed by atoms with E-state index in [1.165, 1.54) is 11.9 Å². The minimum absolute atomic E-state index is 0.155. The third-order valence-electron chi connectivity index (χ3n) is 3.01. The van der Waals surface area contributed by atoms with E-state index in [0.717, 1.165) is 9.87 Å². The van der Waals surface area contributed by atoms with Gasteiger partial charge in [-0.25, -0.2) is 8.42 Å². The molecular weight excluding hydrogens is 278 g/mol. The quantitative estimate of drug-likeness (QED) is 0.801. The van der Waals surface area contributed by atoms with Crippen molar-refractivity contribution in [1.82, 2.24) is 9.21 Å². The summed E-state index contributed by atoms with van der Waals surface area (Å²) in [6.07, 6.45) is 0. The molecule has 1 aromatic carbocycles. The van der Waals surface area contributed by atoms with Crippen molar-refractivity contribution < 1.29 is 13.2 Å². The predicted octanol–water partition coefficient (Wildman–Crippen LogP) is -0.00490. The Hall–Kier alpha value is -1.44. The van der Waals surface area contributed by atoms with E-state index in [4.69, 9.17) is 5.73 Å². The number of carbonyl (C=O) groups excluding carboxylic acids is 1. The van der Waals surface area contributed by atoms with Crippen LogP contribution in [0.2, 0.25) is 0 Å². The van der Waals surface area contributed by atoms with Crippen LogP contribution in [-0.4, -0.2) is 51.2 Å². The number of rotatable bonds is 6. The minimum atomic E-state index is -3.54. The van der Waals surface area contributed by atoms with Gasteiger partial charge in [-0.1, -0.05) is 24.3 Å². The van der Waals surface area contributed by atoms with Crippen LogP contribution in [0.5, 0.6) is 0 Å². The Morgan fingerprint density at radius 1 is 1.15 bits per heavy atom. The van der Waals surface area contributed by atoms with Crippen molar-refractivity contribution in [3.63, 3.8) is 0 Å². The molecule has 1 rings (SSSR count). The summed E-state index contributed by atoms with van der Waals surface area (Å²) in [6, 6.07) is 7.13. The summed E-state index contributed by atoms with van der Waals surface area (Å²) in [5.41, 5.74) is 7.06. The van der Waals surface area contributed by atoms with Gasteiger partial charge >= 0.3 is 0 Å². The van der Waals surface area contributed by atoms with Gasteiger partial charge in [-0.2, -0.15) is 4.31 Å². The van der Waals surface area contributed by atoms with E-state index < -0.39 is 10.0 Å². The van der Waals surface area contributed by atoms with Gasteiger partial charge in [-0.3, -0.25) is 4.79 Å². The van der Waals surface area contributed by atoms with Gasteiger partial charge in [0.05, 0.1) is 12.3 Å². The van der Waals surface area contributed by atoms with E-state index in [9.17, 15) is 13.2 Å². The molecule has 0 atom stereocenters. The maximum atomic E-state index is 12.2. The molecule has 112 valence electrons. The fourth-order valence-corrected chi connectivity index (χ4v) is 2.84. The zero-order chi connectivity index (χ0) is 15.3. The molecule has 0 radical (unpaired) electrons. The van der Waals surface area contributed by atoms with E-state index in [0.29, 0.717) is 5.56 Å². The lowest BCUT2D eigenvalue weighted by atomic mass is 10.1. The average Bonchev–Trinajstić information content (AvgIpc) is 2.38. The summed E-state index contributed by atoms with van der Waals surface area (Å²) in [5.74, 6) is -0.416. The number of hydrogen-bond acceptors (Lipinski definition) is 4. The number of carbonyl (C=O) groups is 1. The molecule has 0 heterocycles. The Bertz CT molecular complexity index is 570. The number of hydrogen-bond donors (Lipinski definition) is 1. The van der Waals surface area contributed by atoms with Crippen molar-refractivity contribution in [2.24, 2.45) is 5.73 Å². The van der Waals surface area contributed by atoms with Crippen LogP contribution in [0.3, 0.4) is 0 Å². The molecule has 0 unspecified atom stereocenters. The standard InChI is InChI=1S/C13H21N3O3S/c1-15(2)13(17)9-16(3)20(18,19)10-12-7-5-4-6-11(12)8-14/h4-7H,8-10,14H2,1-3H3. The molecule has 1 amide bonds. The van der Waals surface area contributed by atoms with E-state index in [-0.39, 0.29) is 24.7 Å². The highest BCUT2D eigenvalue weighted by molar-refractivity contribution is 7.88. The minimum Gasteiger partial charge on any atom is -0.348 e. The van der Waals surface area contributed by atoms with E-state index >= 15 is 0 Å². The van der Waals surface area contributed by atoms with Gasteiger partial charge in [0.2, 0.25) is 15.9 Å². The molecule has 0 aliphatic heterocycles. The first-order chi connectivity index (χ1) is 9.27. The molecule has 0 aliphatic carbocycles. The van der Waals surface area contributed by atoms with Gasteiger partial charge in [-0.05, 0) is 11.1 Å². The first-order valence-corrected chi connectivity index (χ1v) is 7.80. The molecule has 0 spiro atoms. The Labute approximate surface area is 120 Å². The van der Waals surface area contributed by atoms with Crippen molar-refractivity contribution in [2.75, 3.05) is 27.7 Å². The molecule has 0 aromatic heterocycles. The van der Waals surface area contributed by atoms with Gasteiger partial charge in [0, 0.05) is 27.7 Å². The van der Waals surface area contributed by atoms with Crippen LogP contribution in [0, 0.1) is 0 Å². The first kappa shape index (κ1) is 16.6. The first-order valence-electron chi connectivity index (χ1n) is 6.19. The van der Waals surface area contributed by atoms with E-state index in [1.807, 2.05) is 6.07 Å². The average molecular weight is 299 g/mol. The molecule has 2 N–H and O–H groups in total. The second-order valence-electron chi connectivity index (χ2n) is 4.77. The van der Waals surface area contributed by atoms with Crippen molar-refractivity contribution in [3.8, 4) is 0 Å².